The van der Waals surface area contributed by atoms with Crippen molar-refractivity contribution in [2.24, 2.45) is 0 Å². The lowest BCUT2D eigenvalue weighted by molar-refractivity contribution is -0.132. The summed E-state index contributed by atoms with van der Waals surface area (Å²) < 4.78 is 10.5. The number of aliphatic carboxylic acids is 1. The molecule has 0 amide bonds. The molecule has 0 saturated carbocycles. The van der Waals surface area contributed by atoms with Crippen LogP contribution < -0.4 is 14.4 Å². The summed E-state index contributed by atoms with van der Waals surface area (Å²) in [6.07, 6.45) is 2.30. The number of hydrogen-bond acceptors (Lipinski definition) is 4. The number of carboxylic acids is 1. The molecular formula is C14H17NO4. The van der Waals surface area contributed by atoms with Crippen molar-refractivity contribution in [3.05, 3.63) is 29.8 Å². The first-order valence-corrected chi connectivity index (χ1v) is 6.05. The normalized spacial score (nSPS) is 14.8. The molecule has 2 rings (SSSR count). The van der Waals surface area contributed by atoms with E-state index in [1.807, 2.05) is 18.2 Å². The smallest absolute Gasteiger partial charge is 0.331 e. The van der Waals surface area contributed by atoms with E-state index in [-0.39, 0.29) is 0 Å². The molecule has 0 radical (unpaired) electrons. The van der Waals surface area contributed by atoms with Gasteiger partial charge in [0.15, 0.2) is 11.5 Å². The quantitative estimate of drug-likeness (QED) is 0.899. The average molecular weight is 263 g/mol. The van der Waals surface area contributed by atoms with E-state index >= 15 is 0 Å². The summed E-state index contributed by atoms with van der Waals surface area (Å²) in [5, 5.41) is 8.92. The number of carboxylic acid groups (broad SMARTS) is 1. The molecule has 0 atom stereocenters. The fraction of sp³-hybridized carbons (Fsp3) is 0.357. The first-order valence-electron chi connectivity index (χ1n) is 6.05. The van der Waals surface area contributed by atoms with Crippen molar-refractivity contribution in [3.8, 4) is 11.5 Å². The average Bonchev–Trinajstić information content (AvgIpc) is 2.46. The predicted octanol–water partition coefficient (Wildman–Crippen LogP) is 1.92. The Morgan fingerprint density at radius 3 is 2.53 bits per heavy atom. The van der Waals surface area contributed by atoms with Gasteiger partial charge in [-0.25, -0.2) is 4.79 Å². The molecule has 1 aliphatic heterocycles. The van der Waals surface area contributed by atoms with E-state index < -0.39 is 5.97 Å². The molecule has 0 spiro atoms. The van der Waals surface area contributed by atoms with Crippen LogP contribution in [0, 0.1) is 0 Å². The van der Waals surface area contributed by atoms with Crippen LogP contribution in [0.5, 0.6) is 11.5 Å². The second-order valence-electron chi connectivity index (χ2n) is 4.27. The van der Waals surface area contributed by atoms with E-state index in [4.69, 9.17) is 14.6 Å². The van der Waals surface area contributed by atoms with Gasteiger partial charge in [0.25, 0.3) is 0 Å². The Morgan fingerprint density at radius 1 is 1.26 bits per heavy atom. The summed E-state index contributed by atoms with van der Waals surface area (Å²) in [6.45, 7) is 1.28. The summed E-state index contributed by atoms with van der Waals surface area (Å²) in [5.41, 5.74) is 1.48. The highest BCUT2D eigenvalue weighted by molar-refractivity contribution is 5.87. The molecule has 1 aromatic carbocycles. The molecule has 1 heterocycles. The third-order valence-corrected chi connectivity index (χ3v) is 3.22. The van der Waals surface area contributed by atoms with E-state index in [2.05, 4.69) is 4.90 Å². The highest BCUT2D eigenvalue weighted by atomic mass is 16.5. The number of ether oxygens (including phenoxy) is 2. The summed E-state index contributed by atoms with van der Waals surface area (Å²) in [4.78, 5) is 13.0. The zero-order chi connectivity index (χ0) is 13.8. The van der Waals surface area contributed by atoms with E-state index in [0.717, 1.165) is 5.69 Å². The van der Waals surface area contributed by atoms with E-state index in [0.29, 0.717) is 36.6 Å². The number of methoxy groups -OCH3 is 2. The van der Waals surface area contributed by atoms with Gasteiger partial charge in [-0.1, -0.05) is 6.08 Å². The SMILES string of the molecule is COc1ccc(N2CC=C(C(=O)O)CC2)cc1OC. The van der Waals surface area contributed by atoms with E-state index in [1.54, 1.807) is 20.3 Å². The van der Waals surface area contributed by atoms with Gasteiger partial charge in [-0.15, -0.1) is 0 Å². The number of nitrogens with zero attached hydrogens (tertiary/aromatic N) is 1. The minimum Gasteiger partial charge on any atom is -0.493 e. The number of rotatable bonds is 4. The molecule has 1 aromatic rings. The van der Waals surface area contributed by atoms with Crippen LogP contribution in [0.15, 0.2) is 29.8 Å². The van der Waals surface area contributed by atoms with Gasteiger partial charge in [0.2, 0.25) is 0 Å². The Bertz CT molecular complexity index is 510. The lowest BCUT2D eigenvalue weighted by atomic mass is 10.1. The van der Waals surface area contributed by atoms with Crippen LogP contribution in [0.25, 0.3) is 0 Å². The first-order chi connectivity index (χ1) is 9.15. The Labute approximate surface area is 112 Å². The van der Waals surface area contributed by atoms with Crippen LogP contribution in [0.1, 0.15) is 6.42 Å². The maximum Gasteiger partial charge on any atom is 0.331 e. The maximum atomic E-state index is 10.9. The van der Waals surface area contributed by atoms with Crippen LogP contribution in [0.2, 0.25) is 0 Å². The van der Waals surface area contributed by atoms with Crippen LogP contribution in [-0.2, 0) is 4.79 Å². The molecular weight excluding hydrogens is 246 g/mol. The second kappa shape index (κ2) is 5.65. The van der Waals surface area contributed by atoms with Gasteiger partial charge >= 0.3 is 5.97 Å². The van der Waals surface area contributed by atoms with Crippen LogP contribution in [0.3, 0.4) is 0 Å². The molecule has 0 bridgehead atoms. The molecule has 102 valence electrons. The molecule has 1 aliphatic rings. The molecule has 5 nitrogen and oxygen atoms in total. The van der Waals surface area contributed by atoms with Gasteiger partial charge < -0.3 is 19.5 Å². The molecule has 0 fully saturated rings. The highest BCUT2D eigenvalue weighted by Crippen LogP contribution is 2.32. The fourth-order valence-corrected chi connectivity index (χ4v) is 2.12. The van der Waals surface area contributed by atoms with Crippen molar-refractivity contribution in [2.45, 2.75) is 6.42 Å². The van der Waals surface area contributed by atoms with Gasteiger partial charge in [-0.2, -0.15) is 0 Å². The monoisotopic (exact) mass is 263 g/mol. The molecule has 0 aromatic heterocycles. The summed E-state index contributed by atoms with van der Waals surface area (Å²) in [7, 11) is 3.20. The lowest BCUT2D eigenvalue weighted by Crippen LogP contribution is -2.30. The summed E-state index contributed by atoms with van der Waals surface area (Å²) in [6, 6.07) is 5.70. The topological polar surface area (TPSA) is 59.0 Å². The van der Waals surface area contributed by atoms with Crippen LogP contribution in [0.4, 0.5) is 5.69 Å². The zero-order valence-electron chi connectivity index (χ0n) is 11.0. The van der Waals surface area contributed by atoms with Crippen LogP contribution in [-0.4, -0.2) is 38.4 Å². The van der Waals surface area contributed by atoms with Gasteiger partial charge in [0, 0.05) is 30.4 Å². The zero-order valence-corrected chi connectivity index (χ0v) is 11.0. The van der Waals surface area contributed by atoms with Gasteiger partial charge in [-0.05, 0) is 18.6 Å². The minimum absolute atomic E-state index is 0.483. The number of anilines is 1. The third-order valence-electron chi connectivity index (χ3n) is 3.22. The van der Waals surface area contributed by atoms with Crippen molar-refractivity contribution < 1.29 is 19.4 Å². The fourth-order valence-electron chi connectivity index (χ4n) is 2.12. The number of carbonyl (C=O) groups is 1. The lowest BCUT2D eigenvalue weighted by Gasteiger charge is -2.27. The molecule has 0 saturated heterocycles. The van der Waals surface area contributed by atoms with Gasteiger partial charge in [0.05, 0.1) is 14.2 Å². The Hall–Kier alpha value is -2.17. The van der Waals surface area contributed by atoms with Crippen molar-refractivity contribution in [1.82, 2.24) is 0 Å². The van der Waals surface area contributed by atoms with E-state index in [1.165, 1.54) is 0 Å². The van der Waals surface area contributed by atoms with Crippen molar-refractivity contribution in [2.75, 3.05) is 32.2 Å². The van der Waals surface area contributed by atoms with E-state index in [9.17, 15) is 4.79 Å². The second-order valence-corrected chi connectivity index (χ2v) is 4.27. The predicted molar refractivity (Wildman–Crippen MR) is 72.1 cm³/mol. The largest absolute Gasteiger partial charge is 0.493 e. The summed E-state index contributed by atoms with van der Waals surface area (Å²) in [5.74, 6) is 0.532. The Morgan fingerprint density at radius 2 is 2.00 bits per heavy atom. The summed E-state index contributed by atoms with van der Waals surface area (Å²) >= 11 is 0. The molecule has 19 heavy (non-hydrogen) atoms. The first kappa shape index (κ1) is 13.3. The molecule has 1 N–H and O–H groups in total. The number of hydrogen-bond donors (Lipinski definition) is 1. The minimum atomic E-state index is -0.827. The van der Waals surface area contributed by atoms with Gasteiger partial charge in [0.1, 0.15) is 0 Å². The third kappa shape index (κ3) is 2.81. The van der Waals surface area contributed by atoms with Crippen molar-refractivity contribution in [3.63, 3.8) is 0 Å². The maximum absolute atomic E-state index is 10.9. The van der Waals surface area contributed by atoms with Crippen molar-refractivity contribution in [1.29, 1.82) is 0 Å². The number of benzene rings is 1. The standard InChI is InChI=1S/C14H17NO4/c1-18-12-4-3-11(9-13(12)19-2)15-7-5-10(6-8-15)14(16)17/h3-5,9H,6-8H2,1-2H3,(H,16,17). The molecule has 0 aliphatic carbocycles. The highest BCUT2D eigenvalue weighted by Gasteiger charge is 2.17. The van der Waals surface area contributed by atoms with Gasteiger partial charge in [-0.3, -0.25) is 0 Å². The molecule has 0 unspecified atom stereocenters. The van der Waals surface area contributed by atoms with Crippen molar-refractivity contribution >= 4 is 11.7 Å². The van der Waals surface area contributed by atoms with Crippen LogP contribution >= 0.6 is 0 Å². The Balaban J connectivity index is 2.18. The molecule has 5 heteroatoms. The Kier molecular flexibility index (Phi) is 3.94.